The van der Waals surface area contributed by atoms with Gasteiger partial charge in [-0.05, 0) is 0 Å². The summed E-state index contributed by atoms with van der Waals surface area (Å²) in [7, 11) is 2.92. The van der Waals surface area contributed by atoms with Crippen molar-refractivity contribution in [2.24, 2.45) is 5.92 Å². The summed E-state index contributed by atoms with van der Waals surface area (Å²) in [5.41, 5.74) is 0. The molecule has 0 heterocycles. The summed E-state index contributed by atoms with van der Waals surface area (Å²) in [5.74, 6) is -0.904. The third-order valence-corrected chi connectivity index (χ3v) is 1.92. The van der Waals surface area contributed by atoms with Gasteiger partial charge in [-0.3, -0.25) is 9.59 Å². The molecule has 0 N–H and O–H groups in total. The molecule has 0 aromatic carbocycles. The maximum Gasteiger partial charge on any atom is 0.310 e. The molecule has 1 atom stereocenters. The van der Waals surface area contributed by atoms with E-state index in [2.05, 4.69) is 4.74 Å². The molecule has 0 saturated carbocycles. The first-order chi connectivity index (χ1) is 6.02. The fourth-order valence-electron chi connectivity index (χ4n) is 0.890. The molecule has 0 aromatic heterocycles. The first kappa shape index (κ1) is 12.2. The number of carbonyl (C=O) groups is 2. The van der Waals surface area contributed by atoms with Gasteiger partial charge in [-0.15, -0.1) is 11.6 Å². The molecule has 0 bridgehead atoms. The van der Waals surface area contributed by atoms with Crippen LogP contribution in [0.25, 0.3) is 0 Å². The second-order valence-electron chi connectivity index (χ2n) is 2.83. The van der Waals surface area contributed by atoms with E-state index in [1.54, 1.807) is 14.0 Å². The van der Waals surface area contributed by atoms with Gasteiger partial charge in [0.1, 0.15) is 5.88 Å². The van der Waals surface area contributed by atoms with E-state index in [9.17, 15) is 9.59 Å². The minimum Gasteiger partial charge on any atom is -0.469 e. The highest BCUT2D eigenvalue weighted by Gasteiger charge is 2.17. The Labute approximate surface area is 82.8 Å². The number of hydrogen-bond acceptors (Lipinski definition) is 3. The number of hydrogen-bond donors (Lipinski definition) is 0. The predicted octanol–water partition coefficient (Wildman–Crippen LogP) is 0.493. The number of alkyl halides is 1. The Kier molecular flexibility index (Phi) is 5.46. The number of amides is 1. The molecule has 0 aromatic rings. The van der Waals surface area contributed by atoms with Crippen molar-refractivity contribution in [2.45, 2.75) is 6.92 Å². The third-order valence-electron chi connectivity index (χ3n) is 1.69. The number of ether oxygens (including phenoxy) is 1. The van der Waals surface area contributed by atoms with Crippen molar-refractivity contribution in [3.8, 4) is 0 Å². The van der Waals surface area contributed by atoms with Crippen LogP contribution in [0.15, 0.2) is 0 Å². The van der Waals surface area contributed by atoms with E-state index in [1.807, 2.05) is 0 Å². The average molecular weight is 208 g/mol. The Hall–Kier alpha value is -0.770. The molecule has 13 heavy (non-hydrogen) atoms. The second-order valence-corrected chi connectivity index (χ2v) is 3.10. The van der Waals surface area contributed by atoms with Gasteiger partial charge in [0.15, 0.2) is 0 Å². The van der Waals surface area contributed by atoms with Crippen molar-refractivity contribution < 1.29 is 14.3 Å². The summed E-state index contributed by atoms with van der Waals surface area (Å²) in [4.78, 5) is 23.4. The van der Waals surface area contributed by atoms with E-state index < -0.39 is 0 Å². The van der Waals surface area contributed by atoms with E-state index in [-0.39, 0.29) is 23.7 Å². The van der Waals surface area contributed by atoms with Gasteiger partial charge in [0, 0.05) is 13.6 Å². The topological polar surface area (TPSA) is 46.6 Å². The highest BCUT2D eigenvalue weighted by Crippen LogP contribution is 2.01. The number of carbonyl (C=O) groups excluding carboxylic acids is 2. The predicted molar refractivity (Wildman–Crippen MR) is 49.5 cm³/mol. The molecule has 0 rings (SSSR count). The Morgan fingerprint density at radius 3 is 2.46 bits per heavy atom. The Balaban J connectivity index is 3.98. The summed E-state index contributed by atoms with van der Waals surface area (Å²) in [6.45, 7) is 2.03. The first-order valence-electron chi connectivity index (χ1n) is 3.90. The van der Waals surface area contributed by atoms with Crippen LogP contribution in [0, 0.1) is 5.92 Å². The molecular formula is C8H14ClNO3. The maximum absolute atomic E-state index is 11.0. The van der Waals surface area contributed by atoms with Crippen molar-refractivity contribution in [1.82, 2.24) is 4.90 Å². The van der Waals surface area contributed by atoms with Gasteiger partial charge in [-0.2, -0.15) is 0 Å². The molecule has 0 aliphatic heterocycles. The summed E-state index contributed by atoms with van der Waals surface area (Å²) in [6, 6.07) is 0. The van der Waals surface area contributed by atoms with E-state index >= 15 is 0 Å². The highest BCUT2D eigenvalue weighted by atomic mass is 35.5. The molecule has 1 unspecified atom stereocenters. The van der Waals surface area contributed by atoms with E-state index in [4.69, 9.17) is 11.6 Å². The van der Waals surface area contributed by atoms with Crippen LogP contribution in [0.2, 0.25) is 0 Å². The summed E-state index contributed by atoms with van der Waals surface area (Å²) >= 11 is 5.34. The van der Waals surface area contributed by atoms with Gasteiger partial charge in [0.05, 0.1) is 13.0 Å². The summed E-state index contributed by atoms with van der Waals surface area (Å²) in [6.07, 6.45) is 0. The van der Waals surface area contributed by atoms with Crippen molar-refractivity contribution >= 4 is 23.5 Å². The fourth-order valence-corrected chi connectivity index (χ4v) is 1.09. The monoisotopic (exact) mass is 207 g/mol. The minimum atomic E-state index is -0.325. The van der Waals surface area contributed by atoms with Crippen LogP contribution in [0.1, 0.15) is 6.92 Å². The Morgan fingerprint density at radius 1 is 1.54 bits per heavy atom. The van der Waals surface area contributed by atoms with Gasteiger partial charge < -0.3 is 9.64 Å². The molecule has 0 aliphatic rings. The van der Waals surface area contributed by atoms with Gasteiger partial charge in [-0.1, -0.05) is 6.92 Å². The summed E-state index contributed by atoms with van der Waals surface area (Å²) in [5, 5.41) is 0. The molecule has 4 nitrogen and oxygen atoms in total. The third kappa shape index (κ3) is 4.12. The van der Waals surface area contributed by atoms with Crippen LogP contribution in [0.4, 0.5) is 0 Å². The van der Waals surface area contributed by atoms with Crippen LogP contribution in [-0.4, -0.2) is 43.4 Å². The lowest BCUT2D eigenvalue weighted by atomic mass is 10.2. The highest BCUT2D eigenvalue weighted by molar-refractivity contribution is 6.27. The van der Waals surface area contributed by atoms with E-state index in [0.717, 1.165) is 0 Å². The van der Waals surface area contributed by atoms with Crippen LogP contribution < -0.4 is 0 Å². The number of esters is 1. The van der Waals surface area contributed by atoms with E-state index in [1.165, 1.54) is 12.0 Å². The number of rotatable bonds is 4. The van der Waals surface area contributed by atoms with Crippen LogP contribution in [-0.2, 0) is 14.3 Å². The second kappa shape index (κ2) is 5.80. The largest absolute Gasteiger partial charge is 0.469 e. The molecular weight excluding hydrogens is 194 g/mol. The standard InChI is InChI=1S/C8H14ClNO3/c1-6(8(12)13-3)5-10(2)7(11)4-9/h6H,4-5H2,1-3H3. The first-order valence-corrected chi connectivity index (χ1v) is 4.44. The lowest BCUT2D eigenvalue weighted by Gasteiger charge is -2.18. The normalized spacial score (nSPS) is 12.0. The van der Waals surface area contributed by atoms with Gasteiger partial charge >= 0.3 is 5.97 Å². The maximum atomic E-state index is 11.0. The van der Waals surface area contributed by atoms with Crippen molar-refractivity contribution in [1.29, 1.82) is 0 Å². The molecule has 0 aliphatic carbocycles. The quantitative estimate of drug-likeness (QED) is 0.498. The zero-order valence-electron chi connectivity index (χ0n) is 8.04. The number of halogens is 1. The van der Waals surface area contributed by atoms with Gasteiger partial charge in [-0.25, -0.2) is 0 Å². The van der Waals surface area contributed by atoms with Gasteiger partial charge in [0.25, 0.3) is 0 Å². The van der Waals surface area contributed by atoms with E-state index in [0.29, 0.717) is 6.54 Å². The van der Waals surface area contributed by atoms with Crippen molar-refractivity contribution in [2.75, 3.05) is 26.6 Å². The molecule has 0 fully saturated rings. The molecule has 76 valence electrons. The molecule has 5 heteroatoms. The molecule has 1 amide bonds. The zero-order valence-corrected chi connectivity index (χ0v) is 8.80. The summed E-state index contributed by atoms with van der Waals surface area (Å²) < 4.78 is 4.52. The Morgan fingerprint density at radius 2 is 2.08 bits per heavy atom. The zero-order chi connectivity index (χ0) is 10.4. The fraction of sp³-hybridized carbons (Fsp3) is 0.750. The molecule has 0 spiro atoms. The average Bonchev–Trinajstić information content (AvgIpc) is 2.14. The van der Waals surface area contributed by atoms with Crippen LogP contribution in [0.5, 0.6) is 0 Å². The molecule has 0 saturated heterocycles. The van der Waals surface area contributed by atoms with Crippen molar-refractivity contribution in [3.05, 3.63) is 0 Å². The number of methoxy groups -OCH3 is 1. The SMILES string of the molecule is COC(=O)C(C)CN(C)C(=O)CCl. The number of nitrogens with zero attached hydrogens (tertiary/aromatic N) is 1. The smallest absolute Gasteiger partial charge is 0.310 e. The van der Waals surface area contributed by atoms with Crippen LogP contribution >= 0.6 is 11.6 Å². The van der Waals surface area contributed by atoms with Crippen LogP contribution in [0.3, 0.4) is 0 Å². The lowest BCUT2D eigenvalue weighted by Crippen LogP contribution is -2.34. The van der Waals surface area contributed by atoms with Gasteiger partial charge in [0.2, 0.25) is 5.91 Å². The minimum absolute atomic E-state index is 0.0651. The Bertz CT molecular complexity index is 176. The molecule has 0 radical (unpaired) electrons. The lowest BCUT2D eigenvalue weighted by molar-refractivity contribution is -0.145. The van der Waals surface area contributed by atoms with Crippen molar-refractivity contribution in [3.63, 3.8) is 0 Å².